The highest BCUT2D eigenvalue weighted by atomic mass is 16.5. The Labute approximate surface area is 482 Å². The zero-order valence-corrected chi connectivity index (χ0v) is 50.9. The first-order valence-corrected chi connectivity index (χ1v) is 29.9. The van der Waals surface area contributed by atoms with E-state index < -0.39 is 23.1 Å². The van der Waals surface area contributed by atoms with Crippen molar-refractivity contribution in [3.8, 4) is 5.75 Å². The molecule has 0 fully saturated rings. The summed E-state index contributed by atoms with van der Waals surface area (Å²) in [5, 5.41) is 10.1. The first-order chi connectivity index (χ1) is 38.5. The Hall–Kier alpha value is -6.89. The lowest BCUT2D eigenvalue weighted by Gasteiger charge is -2.28. The van der Waals surface area contributed by atoms with Gasteiger partial charge in [-0.3, -0.25) is 14.4 Å². The highest BCUT2D eigenvalue weighted by molar-refractivity contribution is 5.95. The van der Waals surface area contributed by atoms with Gasteiger partial charge >= 0.3 is 11.3 Å². The number of ether oxygens (including phenoxy) is 1. The molecule has 0 spiro atoms. The van der Waals surface area contributed by atoms with Crippen molar-refractivity contribution in [2.45, 2.75) is 197 Å². The topological polar surface area (TPSA) is 163 Å². The molecule has 0 saturated heterocycles. The van der Waals surface area contributed by atoms with E-state index in [2.05, 4.69) is 105 Å². The maximum atomic E-state index is 13.5. The lowest BCUT2D eigenvalue weighted by molar-refractivity contribution is -0.127. The van der Waals surface area contributed by atoms with E-state index in [-0.39, 0.29) is 29.8 Å². The van der Waals surface area contributed by atoms with Crippen molar-refractivity contribution >= 4 is 56.7 Å². The molecule has 6 rings (SSSR count). The number of unbranched alkanes of at least 4 members (excludes halogenated alkanes) is 12. The summed E-state index contributed by atoms with van der Waals surface area (Å²) in [6.45, 7) is 28.1. The molecule has 6 aromatic rings. The number of anilines is 3. The second-order valence-corrected chi connectivity index (χ2v) is 24.4. The zero-order valence-electron chi connectivity index (χ0n) is 50.9. The van der Waals surface area contributed by atoms with Crippen LogP contribution in [0.4, 0.5) is 17.1 Å². The first-order valence-electron chi connectivity index (χ1n) is 29.9. The van der Waals surface area contributed by atoms with Crippen LogP contribution >= 0.6 is 0 Å². The average Bonchev–Trinajstić information content (AvgIpc) is 3.49. The van der Waals surface area contributed by atoms with Gasteiger partial charge in [0.25, 0.3) is 0 Å². The molecule has 0 unspecified atom stereocenters. The van der Waals surface area contributed by atoms with Crippen molar-refractivity contribution in [1.29, 1.82) is 0 Å². The number of carbonyl (C=O) groups excluding carboxylic acids is 3. The van der Waals surface area contributed by atoms with Crippen LogP contribution in [0.1, 0.15) is 190 Å². The van der Waals surface area contributed by atoms with E-state index in [4.69, 9.17) is 13.6 Å². The average molecular weight is 1110 g/mol. The molecule has 81 heavy (non-hydrogen) atoms. The van der Waals surface area contributed by atoms with Crippen molar-refractivity contribution in [3.63, 3.8) is 0 Å². The van der Waals surface area contributed by atoms with Crippen molar-refractivity contribution < 1.29 is 28.0 Å². The fourth-order valence-corrected chi connectivity index (χ4v) is 10.6. The van der Waals surface area contributed by atoms with Crippen LogP contribution in [-0.4, -0.2) is 50.5 Å². The van der Waals surface area contributed by atoms with Crippen LogP contribution in [0.5, 0.6) is 5.75 Å². The standard InChI is InChI=1S/C68H93N5O8/c1-13-72(58-40-60-56(30-48(58)5)46(3)32-65(77)80-60)44-50-34-51(45-73(14-2)59-41-61-57(31-49(59)6)47(4)33-66(78)81-61)36-54(35-50)71-64(76)43-70-63(75)42-69-62(74)28-26-24-22-20-18-16-15-17-19-21-23-25-27-29-79-55-38-52(67(7,8)9)37-53(39-55)68(10,11)12/h30-41H,13-29,42-45H2,1-12H3,(H,69,74)(H,70,75)(H,71,76). The Morgan fingerprint density at radius 2 is 0.901 bits per heavy atom. The largest absolute Gasteiger partial charge is 0.494 e. The number of hydrogen-bond acceptors (Lipinski definition) is 10. The van der Waals surface area contributed by atoms with Gasteiger partial charge in [-0.2, -0.15) is 0 Å². The van der Waals surface area contributed by atoms with Gasteiger partial charge in [-0.05, 0) is 146 Å². The number of aryl methyl sites for hydroxylation is 4. The maximum absolute atomic E-state index is 13.5. The normalized spacial score (nSPS) is 11.8. The summed E-state index contributed by atoms with van der Waals surface area (Å²) in [6.07, 6.45) is 15.5. The molecule has 13 nitrogen and oxygen atoms in total. The molecule has 438 valence electrons. The maximum Gasteiger partial charge on any atom is 0.336 e. The van der Waals surface area contributed by atoms with Crippen LogP contribution in [0, 0.1) is 27.7 Å². The van der Waals surface area contributed by atoms with Gasteiger partial charge in [-0.15, -0.1) is 0 Å². The Kier molecular flexibility index (Phi) is 23.2. The van der Waals surface area contributed by atoms with Crippen molar-refractivity contribution in [1.82, 2.24) is 10.6 Å². The second kappa shape index (κ2) is 29.7. The Balaban J connectivity index is 0.905. The lowest BCUT2D eigenvalue weighted by atomic mass is 9.80. The van der Waals surface area contributed by atoms with Gasteiger partial charge in [0.2, 0.25) is 17.7 Å². The van der Waals surface area contributed by atoms with Crippen LogP contribution < -0.4 is 41.7 Å². The number of fused-ring (bicyclic) bond motifs is 2. The Morgan fingerprint density at radius 1 is 0.481 bits per heavy atom. The zero-order chi connectivity index (χ0) is 58.9. The minimum absolute atomic E-state index is 0.0838. The molecule has 0 atom stereocenters. The van der Waals surface area contributed by atoms with Gasteiger partial charge in [0.15, 0.2) is 0 Å². The Morgan fingerprint density at radius 3 is 1.35 bits per heavy atom. The van der Waals surface area contributed by atoms with E-state index in [1.807, 2.05) is 64.1 Å². The number of nitrogens with one attached hydrogen (secondary N) is 3. The Bertz CT molecular complexity index is 3050. The highest BCUT2D eigenvalue weighted by Gasteiger charge is 2.22. The van der Waals surface area contributed by atoms with Crippen LogP contribution in [0.15, 0.2) is 91.2 Å². The lowest BCUT2D eigenvalue weighted by Crippen LogP contribution is -2.40. The van der Waals surface area contributed by atoms with E-state index in [1.54, 1.807) is 0 Å². The molecule has 0 aliphatic heterocycles. The molecule has 3 N–H and O–H groups in total. The third-order valence-electron chi connectivity index (χ3n) is 15.4. The molecular weight excluding hydrogens is 1010 g/mol. The van der Waals surface area contributed by atoms with E-state index in [1.165, 1.54) is 81.0 Å². The molecule has 4 aromatic carbocycles. The predicted octanol–water partition coefficient (Wildman–Crippen LogP) is 14.5. The minimum Gasteiger partial charge on any atom is -0.494 e. The smallest absolute Gasteiger partial charge is 0.336 e. The fraction of sp³-hybridized carbons (Fsp3) is 0.515. The molecule has 0 saturated carbocycles. The number of amides is 3. The summed E-state index contributed by atoms with van der Waals surface area (Å²) in [5.41, 5.74) is 11.1. The third kappa shape index (κ3) is 19.4. The number of carbonyl (C=O) groups is 3. The fourth-order valence-electron chi connectivity index (χ4n) is 10.6. The molecule has 13 heteroatoms. The molecule has 2 heterocycles. The van der Waals surface area contributed by atoms with Gasteiger partial charge in [0.1, 0.15) is 16.9 Å². The van der Waals surface area contributed by atoms with Gasteiger partial charge in [-0.25, -0.2) is 9.59 Å². The molecule has 0 aliphatic carbocycles. The molecule has 0 bridgehead atoms. The van der Waals surface area contributed by atoms with Crippen molar-refractivity contribution in [2.24, 2.45) is 0 Å². The van der Waals surface area contributed by atoms with Crippen LogP contribution in [0.3, 0.4) is 0 Å². The van der Waals surface area contributed by atoms with Crippen molar-refractivity contribution in [2.75, 3.05) is 47.9 Å². The van der Waals surface area contributed by atoms with Crippen LogP contribution in [0.25, 0.3) is 21.9 Å². The molecule has 0 radical (unpaired) electrons. The molecule has 0 aliphatic rings. The summed E-state index contributed by atoms with van der Waals surface area (Å²) < 4.78 is 17.5. The van der Waals surface area contributed by atoms with E-state index in [0.29, 0.717) is 49.5 Å². The number of rotatable bonds is 30. The van der Waals surface area contributed by atoms with E-state index >= 15 is 0 Å². The van der Waals surface area contributed by atoms with Gasteiger partial charge in [-0.1, -0.05) is 124 Å². The van der Waals surface area contributed by atoms with Crippen molar-refractivity contribution in [3.05, 3.63) is 138 Å². The highest BCUT2D eigenvalue weighted by Crippen LogP contribution is 2.35. The van der Waals surface area contributed by atoms with E-state index in [9.17, 15) is 24.0 Å². The molecule has 3 amide bonds. The molecule has 2 aromatic heterocycles. The number of benzene rings is 4. The minimum atomic E-state index is -0.448. The summed E-state index contributed by atoms with van der Waals surface area (Å²) in [7, 11) is 0. The molecular formula is C68H93N5O8. The van der Waals surface area contributed by atoms with Crippen LogP contribution in [0.2, 0.25) is 0 Å². The first kappa shape index (κ1) is 63.3. The monoisotopic (exact) mass is 1110 g/mol. The third-order valence-corrected chi connectivity index (χ3v) is 15.4. The van der Waals surface area contributed by atoms with Gasteiger partial charge < -0.3 is 39.3 Å². The van der Waals surface area contributed by atoms with E-state index in [0.717, 1.165) is 93.6 Å². The quantitative estimate of drug-likeness (QED) is 0.0292. The SMILES string of the molecule is CCN(Cc1cc(CN(CC)c2cc3oc(=O)cc(C)c3cc2C)cc(NC(=O)CNC(=O)CNC(=O)CCCCCCCCCCCCCCCOc2cc(C(C)(C)C)cc(C(C)(C)C)c2)c1)c1cc2oc(=O)cc(C)c2cc1C. The van der Waals surface area contributed by atoms with Gasteiger partial charge in [0, 0.05) is 84.7 Å². The van der Waals surface area contributed by atoms with Crippen LogP contribution in [-0.2, 0) is 38.3 Å². The predicted molar refractivity (Wildman–Crippen MR) is 332 cm³/mol. The summed E-state index contributed by atoms with van der Waals surface area (Å²) >= 11 is 0. The summed E-state index contributed by atoms with van der Waals surface area (Å²) in [4.78, 5) is 68.0. The van der Waals surface area contributed by atoms with Gasteiger partial charge in [0.05, 0.1) is 19.7 Å². The second-order valence-electron chi connectivity index (χ2n) is 24.4. The number of hydrogen-bond donors (Lipinski definition) is 3. The summed E-state index contributed by atoms with van der Waals surface area (Å²) in [5.74, 6) is -0.0401. The summed E-state index contributed by atoms with van der Waals surface area (Å²) in [6, 6.07) is 23.7. The number of nitrogens with zero attached hydrogens (tertiary/aromatic N) is 2.